The van der Waals surface area contributed by atoms with Crippen LogP contribution < -0.4 is 0 Å². The molecule has 0 atom stereocenters. The minimum atomic E-state index is -2.61. The topological polar surface area (TPSA) is 53.4 Å². The molecular formula is C12H14F2N2O2S. The average Bonchev–Trinajstić information content (AvgIpc) is 2.39. The maximum Gasteiger partial charge on any atom is 0.290 e. The van der Waals surface area contributed by atoms with Crippen molar-refractivity contribution in [2.75, 3.05) is 13.1 Å². The Bertz CT molecular complexity index is 451. The highest BCUT2D eigenvalue weighted by atomic mass is 32.2. The minimum absolute atomic E-state index is 0.0496. The number of pyridine rings is 1. The van der Waals surface area contributed by atoms with Gasteiger partial charge in [-0.15, -0.1) is 0 Å². The Kier molecular flexibility index (Phi) is 4.71. The summed E-state index contributed by atoms with van der Waals surface area (Å²) in [6, 6.07) is 3.06. The number of likely N-dealkylation sites (tertiary alicyclic amines) is 1. The third-order valence-corrected chi connectivity index (χ3v) is 3.68. The van der Waals surface area contributed by atoms with E-state index in [4.69, 9.17) is 0 Å². The first kappa shape index (κ1) is 14.2. The van der Waals surface area contributed by atoms with Gasteiger partial charge < -0.3 is 10.0 Å². The maximum absolute atomic E-state index is 12.4. The Balaban J connectivity index is 2.14. The van der Waals surface area contributed by atoms with E-state index < -0.39 is 5.76 Å². The molecule has 2 heterocycles. The molecule has 1 fully saturated rings. The first-order valence-electron chi connectivity index (χ1n) is 5.95. The lowest BCUT2D eigenvalue weighted by Gasteiger charge is -2.29. The zero-order valence-electron chi connectivity index (χ0n) is 10.1. The minimum Gasteiger partial charge on any atom is -0.393 e. The number of aliphatic hydroxyl groups is 1. The van der Waals surface area contributed by atoms with Crippen molar-refractivity contribution in [1.82, 2.24) is 9.88 Å². The van der Waals surface area contributed by atoms with Gasteiger partial charge in [0.15, 0.2) is 0 Å². The van der Waals surface area contributed by atoms with Crippen LogP contribution in [0.3, 0.4) is 0 Å². The van der Waals surface area contributed by atoms with Crippen molar-refractivity contribution in [3.8, 4) is 0 Å². The average molecular weight is 288 g/mol. The predicted octanol–water partition coefficient (Wildman–Crippen LogP) is 1.99. The summed E-state index contributed by atoms with van der Waals surface area (Å²) in [4.78, 5) is 17.7. The Hall–Kier alpha value is -1.21. The number of alkyl halides is 2. The first-order valence-corrected chi connectivity index (χ1v) is 6.83. The van der Waals surface area contributed by atoms with Crippen LogP contribution in [0.5, 0.6) is 0 Å². The number of halogens is 2. The fourth-order valence-corrected chi connectivity index (χ4v) is 2.54. The van der Waals surface area contributed by atoms with Crippen LogP contribution in [-0.2, 0) is 0 Å². The van der Waals surface area contributed by atoms with Crippen LogP contribution >= 0.6 is 11.8 Å². The predicted molar refractivity (Wildman–Crippen MR) is 67.2 cm³/mol. The summed E-state index contributed by atoms with van der Waals surface area (Å²) in [6.45, 7) is 0.876. The Morgan fingerprint density at radius 1 is 1.47 bits per heavy atom. The second-order valence-corrected chi connectivity index (χ2v) is 5.24. The number of aromatic nitrogens is 1. The largest absolute Gasteiger partial charge is 0.393 e. The Labute approximate surface area is 113 Å². The van der Waals surface area contributed by atoms with Gasteiger partial charge in [0.1, 0.15) is 5.03 Å². The van der Waals surface area contributed by atoms with Crippen molar-refractivity contribution < 1.29 is 18.7 Å². The molecule has 19 heavy (non-hydrogen) atoms. The zero-order chi connectivity index (χ0) is 13.8. The van der Waals surface area contributed by atoms with Gasteiger partial charge in [0.2, 0.25) is 0 Å². The van der Waals surface area contributed by atoms with Gasteiger partial charge >= 0.3 is 0 Å². The summed E-state index contributed by atoms with van der Waals surface area (Å²) in [5.74, 6) is -2.91. The van der Waals surface area contributed by atoms with E-state index in [9.17, 15) is 18.7 Å². The van der Waals surface area contributed by atoms with Gasteiger partial charge in [-0.3, -0.25) is 4.79 Å². The van der Waals surface area contributed by atoms with Gasteiger partial charge in [0.25, 0.3) is 11.7 Å². The molecule has 1 amide bonds. The molecule has 0 saturated carbocycles. The van der Waals surface area contributed by atoms with Crippen molar-refractivity contribution in [3.63, 3.8) is 0 Å². The molecule has 104 valence electrons. The Morgan fingerprint density at radius 2 is 2.16 bits per heavy atom. The van der Waals surface area contributed by atoms with Crippen LogP contribution in [0.25, 0.3) is 0 Å². The van der Waals surface area contributed by atoms with E-state index in [1.165, 1.54) is 12.3 Å². The Morgan fingerprint density at radius 3 is 2.79 bits per heavy atom. The van der Waals surface area contributed by atoms with E-state index in [2.05, 4.69) is 4.98 Å². The third kappa shape index (κ3) is 3.63. The quantitative estimate of drug-likeness (QED) is 0.864. The summed E-state index contributed by atoms with van der Waals surface area (Å²) < 4.78 is 24.8. The summed E-state index contributed by atoms with van der Waals surface area (Å²) in [6.07, 6.45) is 2.04. The number of carbonyl (C=O) groups excluding carboxylic acids is 1. The van der Waals surface area contributed by atoms with Crippen LogP contribution in [0.2, 0.25) is 0 Å². The SMILES string of the molecule is O=C(c1cccnc1SC(F)F)N1CCC(O)CC1. The lowest BCUT2D eigenvalue weighted by Crippen LogP contribution is -2.40. The highest BCUT2D eigenvalue weighted by Crippen LogP contribution is 2.27. The second-order valence-electron chi connectivity index (χ2n) is 4.26. The fourth-order valence-electron chi connectivity index (χ4n) is 1.97. The molecule has 0 bridgehead atoms. The number of hydrogen-bond donors (Lipinski definition) is 1. The van der Waals surface area contributed by atoms with Gasteiger partial charge in [0.05, 0.1) is 11.7 Å². The number of carbonyl (C=O) groups is 1. The molecule has 2 rings (SSSR count). The van der Waals surface area contributed by atoms with Crippen molar-refractivity contribution in [3.05, 3.63) is 23.9 Å². The molecule has 0 aromatic carbocycles. The molecule has 0 spiro atoms. The van der Waals surface area contributed by atoms with E-state index in [0.717, 1.165) is 0 Å². The number of nitrogens with zero attached hydrogens (tertiary/aromatic N) is 2. The number of rotatable bonds is 3. The standard InChI is InChI=1S/C12H14F2N2O2S/c13-12(14)19-10-9(2-1-5-15-10)11(18)16-6-3-8(17)4-7-16/h1-2,5,8,12,17H,3-4,6-7H2. The smallest absolute Gasteiger partial charge is 0.290 e. The number of hydrogen-bond acceptors (Lipinski definition) is 4. The molecule has 7 heteroatoms. The molecule has 0 unspecified atom stereocenters. The number of thioether (sulfide) groups is 1. The van der Waals surface area contributed by atoms with Gasteiger partial charge in [-0.1, -0.05) is 0 Å². The van der Waals surface area contributed by atoms with Crippen LogP contribution in [0.15, 0.2) is 23.4 Å². The lowest BCUT2D eigenvalue weighted by molar-refractivity contribution is 0.0543. The van der Waals surface area contributed by atoms with E-state index in [1.807, 2.05) is 0 Å². The zero-order valence-corrected chi connectivity index (χ0v) is 10.9. The summed E-state index contributed by atoms with van der Waals surface area (Å²) >= 11 is 0.277. The van der Waals surface area contributed by atoms with Crippen LogP contribution in [0.1, 0.15) is 23.2 Å². The first-order chi connectivity index (χ1) is 9.08. The normalized spacial score (nSPS) is 16.9. The van der Waals surface area contributed by atoms with Gasteiger partial charge in [0, 0.05) is 19.3 Å². The molecular weight excluding hydrogens is 274 g/mol. The monoisotopic (exact) mass is 288 g/mol. The fraction of sp³-hybridized carbons (Fsp3) is 0.500. The molecule has 1 saturated heterocycles. The molecule has 1 N–H and O–H groups in total. The number of aliphatic hydroxyl groups excluding tert-OH is 1. The number of piperidine rings is 1. The van der Waals surface area contributed by atoms with Crippen molar-refractivity contribution >= 4 is 17.7 Å². The summed E-state index contributed by atoms with van der Waals surface area (Å²) in [5, 5.41) is 9.45. The van der Waals surface area contributed by atoms with Gasteiger partial charge in [-0.25, -0.2) is 4.98 Å². The van der Waals surface area contributed by atoms with Crippen molar-refractivity contribution in [1.29, 1.82) is 0 Å². The lowest BCUT2D eigenvalue weighted by atomic mass is 10.1. The molecule has 1 aliphatic heterocycles. The van der Waals surface area contributed by atoms with Crippen LogP contribution in [-0.4, -0.2) is 45.8 Å². The maximum atomic E-state index is 12.4. The second kappa shape index (κ2) is 6.29. The van der Waals surface area contributed by atoms with E-state index in [0.29, 0.717) is 25.9 Å². The third-order valence-electron chi connectivity index (χ3n) is 2.95. The van der Waals surface area contributed by atoms with Crippen LogP contribution in [0.4, 0.5) is 8.78 Å². The summed E-state index contributed by atoms with van der Waals surface area (Å²) in [5.41, 5.74) is 0.198. The molecule has 1 aromatic rings. The molecule has 0 aliphatic carbocycles. The van der Waals surface area contributed by atoms with Crippen LogP contribution in [0, 0.1) is 0 Å². The molecule has 1 aliphatic rings. The van der Waals surface area contributed by atoms with Gasteiger partial charge in [-0.05, 0) is 36.7 Å². The highest BCUT2D eigenvalue weighted by Gasteiger charge is 2.25. The van der Waals surface area contributed by atoms with Gasteiger partial charge in [-0.2, -0.15) is 8.78 Å². The van der Waals surface area contributed by atoms with E-state index >= 15 is 0 Å². The highest BCUT2D eigenvalue weighted by molar-refractivity contribution is 7.99. The summed E-state index contributed by atoms with van der Waals surface area (Å²) in [7, 11) is 0. The van der Waals surface area contributed by atoms with Crippen molar-refractivity contribution in [2.45, 2.75) is 29.7 Å². The van der Waals surface area contributed by atoms with E-state index in [-0.39, 0.29) is 34.4 Å². The number of amides is 1. The van der Waals surface area contributed by atoms with E-state index in [1.54, 1.807) is 11.0 Å². The molecule has 0 radical (unpaired) electrons. The molecule has 4 nitrogen and oxygen atoms in total. The van der Waals surface area contributed by atoms with Crippen molar-refractivity contribution in [2.24, 2.45) is 0 Å². The molecule has 1 aromatic heterocycles.